The van der Waals surface area contributed by atoms with Gasteiger partial charge in [-0.15, -0.1) is 0 Å². The third kappa shape index (κ3) is 7.16. The first kappa shape index (κ1) is 41.8. The molecule has 2 unspecified atom stereocenters. The second-order valence-corrected chi connectivity index (χ2v) is 18.4. The molecule has 0 bridgehead atoms. The van der Waals surface area contributed by atoms with Crippen molar-refractivity contribution in [1.82, 2.24) is 4.98 Å². The van der Waals surface area contributed by atoms with Gasteiger partial charge in [-0.25, -0.2) is 0 Å². The highest BCUT2D eigenvalue weighted by Gasteiger charge is 2.33. The summed E-state index contributed by atoms with van der Waals surface area (Å²) in [6, 6.07) is 61.2. The zero-order valence-electron chi connectivity index (χ0n) is 38.8. The molecule has 69 heavy (non-hydrogen) atoms. The first-order valence-corrected chi connectivity index (χ1v) is 24.0. The van der Waals surface area contributed by atoms with Crippen LogP contribution in [0.15, 0.2) is 231 Å². The number of fused-ring (bicyclic) bond motifs is 6. The predicted molar refractivity (Wildman–Crippen MR) is 293 cm³/mol. The van der Waals surface area contributed by atoms with E-state index in [1.807, 2.05) is 25.4 Å². The maximum absolute atomic E-state index is 5.85. The molecule has 1 aromatic heterocycles. The molecule has 2 atom stereocenters. The lowest BCUT2D eigenvalue weighted by atomic mass is 9.85. The van der Waals surface area contributed by atoms with Gasteiger partial charge in [0.05, 0.1) is 0 Å². The van der Waals surface area contributed by atoms with E-state index in [1.165, 1.54) is 66.4 Å². The Morgan fingerprint density at radius 3 is 1.70 bits per heavy atom. The van der Waals surface area contributed by atoms with Gasteiger partial charge < -0.3 is 5.73 Å². The van der Waals surface area contributed by atoms with Crippen LogP contribution in [0, 0.1) is 0 Å². The normalized spacial score (nSPS) is 15.6. The minimum absolute atomic E-state index is 0.355. The molecule has 0 saturated carbocycles. The van der Waals surface area contributed by atoms with E-state index in [-0.39, 0.29) is 0 Å². The van der Waals surface area contributed by atoms with E-state index in [4.69, 9.17) is 12.3 Å². The quantitative estimate of drug-likeness (QED) is 0.147. The molecule has 3 aliphatic carbocycles. The van der Waals surface area contributed by atoms with Crippen LogP contribution in [-0.4, -0.2) is 4.98 Å². The Bertz CT molecular complexity index is 3670. The first-order valence-electron chi connectivity index (χ1n) is 24.0. The van der Waals surface area contributed by atoms with Gasteiger partial charge in [0.1, 0.15) is 0 Å². The van der Waals surface area contributed by atoms with Crippen molar-refractivity contribution in [3.63, 3.8) is 0 Å². The summed E-state index contributed by atoms with van der Waals surface area (Å²) >= 11 is 0. The maximum atomic E-state index is 5.85. The minimum Gasteiger partial charge on any atom is -0.405 e. The van der Waals surface area contributed by atoms with Gasteiger partial charge in [-0.1, -0.05) is 164 Å². The predicted octanol–water partition coefficient (Wildman–Crippen LogP) is 17.5. The Kier molecular flexibility index (Phi) is 10.5. The third-order valence-corrected chi connectivity index (χ3v) is 14.6. The lowest BCUT2D eigenvalue weighted by molar-refractivity contribution is 0.769. The van der Waals surface area contributed by atoms with E-state index < -0.39 is 0 Å². The molecule has 12 rings (SSSR count). The first-order chi connectivity index (χ1) is 34.0. The topological polar surface area (TPSA) is 38.9 Å². The fraction of sp³-hybridized carbons (Fsp3) is 0.0597. The standard InChI is InChI=1S/C67H50N2/c1-4-11-61-56(26-28-64-58-13-7-6-12-55(58)42(3)66(61)64)53-39-52(40-54(41-53)57-27-29-65-60-15-9-8-14-59(60)63-17-10-16-62(57)67(63)65)51-37-49(46-22-18-44(19-23-46)43(5-2)30-33-68)36-50(38-51)47-24-20-45(21-25-47)48-31-34-69-35-32-48/h4-41,59-60H,3,68H2,1-2H3/b11-4-,33-30-,43-5+. The summed E-state index contributed by atoms with van der Waals surface area (Å²) < 4.78 is 0. The molecule has 0 radical (unpaired) electrons. The summed E-state index contributed by atoms with van der Waals surface area (Å²) in [6.45, 7) is 8.86. The van der Waals surface area contributed by atoms with Crippen molar-refractivity contribution in [2.45, 2.75) is 25.7 Å². The number of hydrogen-bond acceptors (Lipinski definition) is 2. The Morgan fingerprint density at radius 2 is 1.04 bits per heavy atom. The van der Waals surface area contributed by atoms with Crippen molar-refractivity contribution in [2.75, 3.05) is 0 Å². The van der Waals surface area contributed by atoms with E-state index in [2.05, 4.69) is 218 Å². The van der Waals surface area contributed by atoms with E-state index in [0.29, 0.717) is 11.8 Å². The molecule has 8 aromatic carbocycles. The molecular weight excluding hydrogens is 833 g/mol. The van der Waals surface area contributed by atoms with Gasteiger partial charge in [0.2, 0.25) is 0 Å². The molecule has 0 fully saturated rings. The van der Waals surface area contributed by atoms with Crippen LogP contribution in [0.5, 0.6) is 0 Å². The molecule has 2 N–H and O–H groups in total. The van der Waals surface area contributed by atoms with E-state index in [9.17, 15) is 0 Å². The summed E-state index contributed by atoms with van der Waals surface area (Å²) in [5.74, 6) is 0.710. The zero-order chi connectivity index (χ0) is 46.6. The fourth-order valence-corrected chi connectivity index (χ4v) is 11.3. The van der Waals surface area contributed by atoms with Crippen LogP contribution in [0.1, 0.15) is 59.1 Å². The Labute approximate surface area is 405 Å². The minimum atomic E-state index is 0.355. The van der Waals surface area contributed by atoms with Gasteiger partial charge in [-0.05, 0) is 208 Å². The van der Waals surface area contributed by atoms with Crippen molar-refractivity contribution < 1.29 is 0 Å². The fourth-order valence-electron chi connectivity index (χ4n) is 11.3. The van der Waals surface area contributed by atoms with E-state index >= 15 is 0 Å². The second kappa shape index (κ2) is 17.2. The smallest absolute Gasteiger partial charge is 0.0273 e. The molecule has 0 spiro atoms. The highest BCUT2D eigenvalue weighted by molar-refractivity contribution is 6.07. The molecule has 3 aliphatic rings. The average molecular weight is 883 g/mol. The lowest BCUT2D eigenvalue weighted by Crippen LogP contribution is -2.01. The SMILES string of the molecule is C=C1c2ccccc2-c2ccc(-c3cc(-c4cc(-c5ccc(C(/C=C\N)=C/C)cc5)cc(-c5ccc(-c6ccncc6)cc5)c4)cc(-c4ccc5c6c(cccc46)C4C=CC=CC54)c3)c(/C=C\C)c21. The number of nitrogens with zero attached hydrogens (tertiary/aromatic N) is 1. The Balaban J connectivity index is 1.09. The van der Waals surface area contributed by atoms with E-state index in [1.54, 1.807) is 6.20 Å². The van der Waals surface area contributed by atoms with Crippen LogP contribution in [0.25, 0.3) is 106 Å². The number of pyridine rings is 1. The molecule has 0 aliphatic heterocycles. The highest BCUT2D eigenvalue weighted by Crippen LogP contribution is 2.53. The number of aromatic nitrogens is 1. The Hall–Kier alpha value is -8.59. The van der Waals surface area contributed by atoms with Crippen LogP contribution in [0.4, 0.5) is 0 Å². The van der Waals surface area contributed by atoms with Crippen molar-refractivity contribution in [3.8, 4) is 77.9 Å². The molecule has 1 heterocycles. The van der Waals surface area contributed by atoms with Crippen LogP contribution in [-0.2, 0) is 0 Å². The third-order valence-electron chi connectivity index (χ3n) is 14.6. The molecular formula is C67H50N2. The molecule has 2 nitrogen and oxygen atoms in total. The number of nitrogens with two attached hydrogens (primary N) is 1. The lowest BCUT2D eigenvalue weighted by Gasteiger charge is -2.18. The van der Waals surface area contributed by atoms with Gasteiger partial charge in [-0.2, -0.15) is 0 Å². The molecule has 328 valence electrons. The number of allylic oxidation sites excluding steroid dienone is 8. The van der Waals surface area contributed by atoms with Crippen molar-refractivity contribution in [2.24, 2.45) is 5.73 Å². The van der Waals surface area contributed by atoms with Gasteiger partial charge in [0, 0.05) is 24.2 Å². The molecule has 0 amide bonds. The summed E-state index contributed by atoms with van der Waals surface area (Å²) in [4.78, 5) is 4.25. The highest BCUT2D eigenvalue weighted by atomic mass is 14.6. The zero-order valence-corrected chi connectivity index (χ0v) is 38.8. The summed E-state index contributed by atoms with van der Waals surface area (Å²) in [7, 11) is 0. The molecule has 2 heteroatoms. The monoisotopic (exact) mass is 882 g/mol. The van der Waals surface area contributed by atoms with Gasteiger partial charge in [0.25, 0.3) is 0 Å². The number of rotatable bonds is 9. The molecule has 0 saturated heterocycles. The van der Waals surface area contributed by atoms with E-state index in [0.717, 1.165) is 66.8 Å². The number of benzene rings is 8. The summed E-state index contributed by atoms with van der Waals surface area (Å²) in [5.41, 5.74) is 32.0. The second-order valence-electron chi connectivity index (χ2n) is 18.4. The average Bonchev–Trinajstić information content (AvgIpc) is 3.90. The Morgan fingerprint density at radius 1 is 0.507 bits per heavy atom. The van der Waals surface area contributed by atoms with Crippen LogP contribution < -0.4 is 5.73 Å². The van der Waals surface area contributed by atoms with Crippen molar-refractivity contribution in [1.29, 1.82) is 0 Å². The number of hydrogen-bond donors (Lipinski definition) is 1. The van der Waals surface area contributed by atoms with Gasteiger partial charge >= 0.3 is 0 Å². The van der Waals surface area contributed by atoms with Crippen molar-refractivity contribution >= 4 is 28.0 Å². The summed E-state index contributed by atoms with van der Waals surface area (Å²) in [6.07, 6.45) is 23.0. The van der Waals surface area contributed by atoms with Crippen LogP contribution in [0.2, 0.25) is 0 Å². The summed E-state index contributed by atoms with van der Waals surface area (Å²) in [5, 5.41) is 2.69. The molecule has 9 aromatic rings. The van der Waals surface area contributed by atoms with Gasteiger partial charge in [-0.3, -0.25) is 4.98 Å². The van der Waals surface area contributed by atoms with Crippen LogP contribution in [0.3, 0.4) is 0 Å². The van der Waals surface area contributed by atoms with Crippen molar-refractivity contribution in [3.05, 3.63) is 265 Å². The van der Waals surface area contributed by atoms with Crippen LogP contribution >= 0.6 is 0 Å². The van der Waals surface area contributed by atoms with Gasteiger partial charge in [0.15, 0.2) is 0 Å². The largest absolute Gasteiger partial charge is 0.405 e. The maximum Gasteiger partial charge on any atom is 0.0273 e.